The number of hydrogen-bond donors (Lipinski definition) is 0. The molecule has 0 aliphatic heterocycles. The second kappa shape index (κ2) is 33.3. The largest absolute Gasteiger partial charge is 0.341 e. The van der Waals surface area contributed by atoms with Gasteiger partial charge in [0.15, 0.2) is 0 Å². The molecule has 0 nitrogen and oxygen atoms in total. The van der Waals surface area contributed by atoms with Crippen LogP contribution >= 0.6 is 55.8 Å². The zero-order chi connectivity index (χ0) is 27.8. The van der Waals surface area contributed by atoms with Crippen molar-refractivity contribution in [3.63, 3.8) is 0 Å². The van der Waals surface area contributed by atoms with Gasteiger partial charge in [-0.25, -0.2) is 0 Å². The van der Waals surface area contributed by atoms with Crippen molar-refractivity contribution in [1.29, 1.82) is 0 Å². The van der Waals surface area contributed by atoms with Crippen molar-refractivity contribution in [2.75, 3.05) is 4.43 Å². The smallest absolute Gasteiger partial charge is 0.126 e. The van der Waals surface area contributed by atoms with E-state index in [0.717, 1.165) is 12.5 Å². The lowest BCUT2D eigenvalue weighted by Gasteiger charge is -2.07. The predicted molar refractivity (Wildman–Crippen MR) is 190 cm³/mol. The van der Waals surface area contributed by atoms with Crippen LogP contribution in [0.3, 0.4) is 0 Å². The molecule has 5 heteroatoms. The van der Waals surface area contributed by atoms with Gasteiger partial charge in [-0.05, 0) is 16.9 Å². The van der Waals surface area contributed by atoms with Gasteiger partial charge in [0.1, 0.15) is 0 Å². The summed E-state index contributed by atoms with van der Waals surface area (Å²) in [4.78, 5) is 0. The van der Waals surface area contributed by atoms with E-state index in [1.54, 1.807) is 0 Å². The van der Waals surface area contributed by atoms with Crippen LogP contribution < -0.4 is 0 Å². The Morgan fingerprint density at radius 1 is 0.263 bits per heavy atom. The first kappa shape index (κ1) is 39.8. The van der Waals surface area contributed by atoms with Gasteiger partial charge in [-0.3, -0.25) is 0 Å². The van der Waals surface area contributed by atoms with Crippen LogP contribution in [-0.4, -0.2) is 10.4 Å². The minimum Gasteiger partial charge on any atom is -0.126 e. The van der Waals surface area contributed by atoms with Crippen LogP contribution in [0.4, 0.5) is 0 Å². The molecule has 0 saturated carbocycles. The Balaban J connectivity index is 3.04. The lowest BCUT2D eigenvalue weighted by Crippen LogP contribution is -2.07. The van der Waals surface area contributed by atoms with Gasteiger partial charge in [0.2, 0.25) is 0 Å². The van der Waals surface area contributed by atoms with Gasteiger partial charge in [-0.15, -0.1) is 33.2 Å². The van der Waals surface area contributed by atoms with Crippen molar-refractivity contribution >= 4 is 61.8 Å². The molecule has 0 fully saturated rings. The first-order valence-electron chi connectivity index (χ1n) is 17.2. The third kappa shape index (κ3) is 37.8. The molecule has 0 aromatic carbocycles. The molecule has 0 N–H and O–H groups in total. The van der Waals surface area contributed by atoms with Crippen molar-refractivity contribution in [2.24, 2.45) is 0 Å². The van der Waals surface area contributed by atoms with Crippen LogP contribution in [0.5, 0.6) is 0 Å². The van der Waals surface area contributed by atoms with E-state index < -0.39 is 6.00 Å². The molecule has 0 rings (SSSR count). The average molecular weight is 724 g/mol. The number of unbranched alkanes of at least 4 members (excludes halogenated alkanes) is 30. The molecule has 0 unspecified atom stereocenters. The highest BCUT2D eigenvalue weighted by atomic mass is 127. The zero-order valence-corrected chi connectivity index (χ0v) is 30.8. The van der Waals surface area contributed by atoms with Crippen molar-refractivity contribution in [2.45, 2.75) is 205 Å². The van der Waals surface area contributed by atoms with E-state index in [-0.39, 0.29) is 0 Å². The highest BCUT2D eigenvalue weighted by Crippen LogP contribution is 2.27. The Morgan fingerprint density at radius 2 is 0.421 bits per heavy atom. The van der Waals surface area contributed by atoms with Crippen molar-refractivity contribution in [1.82, 2.24) is 0 Å². The molecule has 0 radical (unpaired) electrons. The summed E-state index contributed by atoms with van der Waals surface area (Å²) in [6.45, 7) is 0. The van der Waals surface area contributed by atoms with Crippen LogP contribution in [0.15, 0.2) is 0 Å². The topological polar surface area (TPSA) is 0 Å². The first-order chi connectivity index (χ1) is 18.6. The maximum Gasteiger partial charge on any atom is 0.341 e. The number of rotatable bonds is 33. The number of hydrogen-bond acceptors (Lipinski definition) is 0. The Kier molecular flexibility index (Phi) is 34.9. The van der Waals surface area contributed by atoms with Crippen LogP contribution in [0.1, 0.15) is 199 Å². The summed E-state index contributed by atoms with van der Waals surface area (Å²) >= 11 is 20.3. The van der Waals surface area contributed by atoms with E-state index in [0.29, 0.717) is 0 Å². The van der Waals surface area contributed by atoms with E-state index in [9.17, 15) is 0 Å². The standard InChI is InChI=1S/C33H66Cl3ISi/c34-38(35,36)33-31-29-27-25-23-21-19-17-15-13-11-9-7-5-3-1-2-4-6-8-10-12-14-16-18-20-22-24-26-28-30-32-37/h1-33H2. The molecule has 0 aromatic heterocycles. The molecule has 0 heterocycles. The lowest BCUT2D eigenvalue weighted by atomic mass is 10.0. The fourth-order valence-electron chi connectivity index (χ4n) is 5.55. The van der Waals surface area contributed by atoms with Crippen LogP contribution in [-0.2, 0) is 0 Å². The Labute approximate surface area is 269 Å². The van der Waals surface area contributed by atoms with E-state index >= 15 is 0 Å². The molecule has 38 heavy (non-hydrogen) atoms. The normalized spacial score (nSPS) is 12.0. The number of halogens is 4. The van der Waals surface area contributed by atoms with E-state index in [1.807, 2.05) is 0 Å². The molecule has 0 aliphatic carbocycles. The van der Waals surface area contributed by atoms with Gasteiger partial charge in [-0.2, -0.15) is 0 Å². The summed E-state index contributed by atoms with van der Waals surface area (Å²) < 4.78 is 1.34. The fourth-order valence-corrected chi connectivity index (χ4v) is 7.94. The van der Waals surface area contributed by atoms with Gasteiger partial charge < -0.3 is 0 Å². The number of alkyl halides is 1. The summed E-state index contributed by atoms with van der Waals surface area (Å²) in [6.07, 6.45) is 44.6. The molecule has 0 atom stereocenters. The molecule has 0 aliphatic rings. The van der Waals surface area contributed by atoms with Gasteiger partial charge >= 0.3 is 6.00 Å². The maximum atomic E-state index is 5.92. The van der Waals surface area contributed by atoms with Crippen molar-refractivity contribution in [3.8, 4) is 0 Å². The van der Waals surface area contributed by atoms with E-state index in [2.05, 4.69) is 22.6 Å². The highest BCUT2D eigenvalue weighted by molar-refractivity contribution is 14.1. The molecule has 0 aromatic rings. The SMILES string of the molecule is Cl[Si](Cl)(Cl)CCCCCCCCCCCCCCCCCCCCCCCCCCCCCCCCCI. The lowest BCUT2D eigenvalue weighted by molar-refractivity contribution is 0.513. The first-order valence-corrected chi connectivity index (χ1v) is 24.0. The third-order valence-electron chi connectivity index (χ3n) is 8.09. The van der Waals surface area contributed by atoms with Gasteiger partial charge in [0.05, 0.1) is 0 Å². The van der Waals surface area contributed by atoms with E-state index in [1.165, 1.54) is 197 Å². The summed E-state index contributed by atoms with van der Waals surface area (Å²) in [6, 6.07) is -1.53. The molecular formula is C33H66Cl3ISi. The molecule has 0 amide bonds. The minimum atomic E-state index is -2.37. The van der Waals surface area contributed by atoms with Crippen LogP contribution in [0, 0.1) is 0 Å². The van der Waals surface area contributed by atoms with Crippen molar-refractivity contribution < 1.29 is 0 Å². The summed E-state index contributed by atoms with van der Waals surface area (Å²) in [7, 11) is 0. The molecule has 0 spiro atoms. The zero-order valence-electron chi connectivity index (χ0n) is 25.3. The summed E-state index contributed by atoms with van der Waals surface area (Å²) in [5, 5.41) is 0. The Bertz CT molecular complexity index is 431. The van der Waals surface area contributed by atoms with Gasteiger partial charge in [0, 0.05) is 0 Å². The average Bonchev–Trinajstić information content (AvgIpc) is 2.88. The molecule has 0 bridgehead atoms. The third-order valence-corrected chi connectivity index (χ3v) is 11.5. The van der Waals surface area contributed by atoms with Crippen LogP contribution in [0.25, 0.3) is 0 Å². The molecule has 0 saturated heterocycles. The van der Waals surface area contributed by atoms with E-state index in [4.69, 9.17) is 33.2 Å². The molecular weight excluding hydrogens is 658 g/mol. The monoisotopic (exact) mass is 722 g/mol. The van der Waals surface area contributed by atoms with Crippen molar-refractivity contribution in [3.05, 3.63) is 0 Å². The van der Waals surface area contributed by atoms with Gasteiger partial charge in [-0.1, -0.05) is 215 Å². The Morgan fingerprint density at radius 3 is 0.579 bits per heavy atom. The summed E-state index contributed by atoms with van der Waals surface area (Å²) in [5.74, 6) is 0. The predicted octanol–water partition coefficient (Wildman–Crippen LogP) is 15.2. The fraction of sp³-hybridized carbons (Fsp3) is 1.00. The Hall–Kier alpha value is 1.82. The quantitative estimate of drug-likeness (QED) is 0.0208. The second-order valence-corrected chi connectivity index (χ2v) is 22.4. The minimum absolute atomic E-state index is 0.830. The van der Waals surface area contributed by atoms with Gasteiger partial charge in [0.25, 0.3) is 0 Å². The maximum absolute atomic E-state index is 5.92. The second-order valence-electron chi connectivity index (χ2n) is 12.0. The highest BCUT2D eigenvalue weighted by Gasteiger charge is 2.23. The molecule has 230 valence electrons. The summed E-state index contributed by atoms with van der Waals surface area (Å²) in [5.41, 5.74) is 0. The van der Waals surface area contributed by atoms with Crippen LogP contribution in [0.2, 0.25) is 6.04 Å².